The normalized spacial score (nSPS) is 13.5. The summed E-state index contributed by atoms with van der Waals surface area (Å²) in [6, 6.07) is 0. The van der Waals surface area contributed by atoms with Crippen LogP contribution in [0.5, 0.6) is 0 Å². The van der Waals surface area contributed by atoms with Crippen LogP contribution in [-0.2, 0) is 32.7 Å². The minimum Gasteiger partial charge on any atom is -0.756 e. The van der Waals surface area contributed by atoms with Crippen LogP contribution >= 0.6 is 7.82 Å². The van der Waals surface area contributed by atoms with Crippen LogP contribution in [0.4, 0.5) is 0 Å². The molecule has 0 saturated heterocycles. The van der Waals surface area contributed by atoms with Gasteiger partial charge in [-0.05, 0) is 70.6 Å². The van der Waals surface area contributed by atoms with E-state index in [4.69, 9.17) is 18.5 Å². The van der Waals surface area contributed by atoms with Gasteiger partial charge >= 0.3 is 11.9 Å². The van der Waals surface area contributed by atoms with Gasteiger partial charge in [-0.25, -0.2) is 0 Å². The molecule has 0 amide bonds. The maximum absolute atomic E-state index is 12.9. The number of quaternary nitrogens is 1. The van der Waals surface area contributed by atoms with E-state index in [0.717, 1.165) is 89.9 Å². The Labute approximate surface area is 590 Å². The van der Waals surface area contributed by atoms with Gasteiger partial charge in [0.1, 0.15) is 19.8 Å². The number of allylic oxidation sites excluding steroid dienone is 14. The highest BCUT2D eigenvalue weighted by atomic mass is 31.2. The van der Waals surface area contributed by atoms with Gasteiger partial charge in [0.05, 0.1) is 27.7 Å². The Bertz CT molecular complexity index is 1880. The number of ether oxygens (including phenoxy) is 2. The molecule has 0 aliphatic carbocycles. The summed E-state index contributed by atoms with van der Waals surface area (Å²) >= 11 is 0. The Kier molecular flexibility index (Phi) is 73.2. The first kappa shape index (κ1) is 92.2. The summed E-state index contributed by atoms with van der Waals surface area (Å²) in [5.41, 5.74) is 0. The molecule has 0 aromatic rings. The lowest BCUT2D eigenvalue weighted by Gasteiger charge is -2.28. The molecule has 2 atom stereocenters. The molecule has 95 heavy (non-hydrogen) atoms. The third-order valence-corrected chi connectivity index (χ3v) is 19.1. The number of nitrogens with zero attached hydrogens (tertiary/aromatic N) is 1. The van der Waals surface area contributed by atoms with Crippen molar-refractivity contribution in [1.29, 1.82) is 0 Å². The Morgan fingerprint density at radius 1 is 0.337 bits per heavy atom. The number of likely N-dealkylation sites (N-methyl/N-ethyl adjacent to an activating group) is 1. The maximum Gasteiger partial charge on any atom is 0.306 e. The van der Waals surface area contributed by atoms with E-state index in [1.807, 2.05) is 21.1 Å². The smallest absolute Gasteiger partial charge is 0.306 e. The SMILES string of the molecule is CC/C=C\C/C=C\C/C=C\C/C=C\C/C=C\C/C=C\C/C=C\CCCCCCCCCCCCCC(=O)OC(COC(=O)CCCCCCCCCCCCCCCCCCCCCCCCCCCCCCCCCCCCCCCC)COP(=O)([O-])OCC[N+](C)(C)C. The number of unbranched alkanes of at least 4 members (excludes halogenated alkanes) is 48. The number of hydrogen-bond acceptors (Lipinski definition) is 8. The number of phosphoric acid groups is 1. The molecule has 554 valence electrons. The third-order valence-electron chi connectivity index (χ3n) is 18.2. The number of hydrogen-bond donors (Lipinski definition) is 0. The monoisotopic (exact) mass is 1350 g/mol. The Morgan fingerprint density at radius 2 is 0.600 bits per heavy atom. The summed E-state index contributed by atoms with van der Waals surface area (Å²) in [7, 11) is 1.17. The van der Waals surface area contributed by atoms with Crippen LogP contribution in [0, 0.1) is 0 Å². The molecule has 0 saturated carbocycles. The van der Waals surface area contributed by atoms with Crippen molar-refractivity contribution in [2.75, 3.05) is 47.5 Å². The van der Waals surface area contributed by atoms with Crippen LogP contribution in [0.15, 0.2) is 85.1 Å². The first-order chi connectivity index (χ1) is 46.5. The fourth-order valence-corrected chi connectivity index (χ4v) is 12.7. The van der Waals surface area contributed by atoms with Gasteiger partial charge in [-0.15, -0.1) is 0 Å². The van der Waals surface area contributed by atoms with E-state index < -0.39 is 26.5 Å². The van der Waals surface area contributed by atoms with Gasteiger partial charge in [-0.3, -0.25) is 14.2 Å². The highest BCUT2D eigenvalue weighted by Crippen LogP contribution is 2.38. The average molecular weight is 1350 g/mol. The summed E-state index contributed by atoms with van der Waals surface area (Å²) in [5.74, 6) is -0.822. The number of carbonyl (C=O) groups is 2. The zero-order valence-electron chi connectivity index (χ0n) is 63.4. The van der Waals surface area contributed by atoms with Crippen LogP contribution in [0.25, 0.3) is 0 Å². The highest BCUT2D eigenvalue weighted by molar-refractivity contribution is 7.45. The molecule has 0 rings (SSSR count). The molecule has 0 aromatic carbocycles. The molecular weight excluding hydrogens is 1190 g/mol. The predicted molar refractivity (Wildman–Crippen MR) is 411 cm³/mol. The first-order valence-corrected chi connectivity index (χ1v) is 42.3. The lowest BCUT2D eigenvalue weighted by Crippen LogP contribution is -2.37. The quantitative estimate of drug-likeness (QED) is 0.0195. The molecular formula is C85H156NO8P. The summed E-state index contributed by atoms with van der Waals surface area (Å²) in [6.07, 6.45) is 104. The Hall–Kier alpha value is -2.81. The average Bonchev–Trinajstić information content (AvgIpc) is 1.80. The van der Waals surface area contributed by atoms with Gasteiger partial charge in [-0.2, -0.15) is 0 Å². The minimum absolute atomic E-state index is 0.0325. The predicted octanol–water partition coefficient (Wildman–Crippen LogP) is 26.6. The van der Waals surface area contributed by atoms with E-state index in [1.54, 1.807) is 0 Å². The third kappa shape index (κ3) is 80.1. The van der Waals surface area contributed by atoms with Crippen molar-refractivity contribution in [2.24, 2.45) is 0 Å². The van der Waals surface area contributed by atoms with Crippen molar-refractivity contribution in [3.8, 4) is 0 Å². The summed E-state index contributed by atoms with van der Waals surface area (Å²) in [4.78, 5) is 38.2. The standard InChI is InChI=1S/C85H156NO8P/c1-6-8-10-12-14-16-18-20-22-24-26-28-30-32-34-36-38-40-41-42-43-44-46-47-49-51-53-55-57-59-61-63-65-67-69-71-73-75-77-84(87)91-81-83(82-93-95(89,90)92-80-79-86(3,4)5)94-85(88)78-76-74-72-70-68-66-64-62-60-58-56-54-52-50-48-45-39-37-35-33-31-29-27-25-23-21-19-17-15-13-11-9-7-2/h9,11,15,17,21,23,27,29,33,35,39,45,50,52,83H,6-8,10,12-14,16,18-20,22,24-26,28,30-32,34,36-38,40-44,46-49,51,53-82H2,1-5H3/b11-9-,17-15-,23-21-,29-27-,35-33-,45-39-,52-50-. The lowest BCUT2D eigenvalue weighted by molar-refractivity contribution is -0.870. The molecule has 0 N–H and O–H groups in total. The van der Waals surface area contributed by atoms with Crippen LogP contribution in [0.3, 0.4) is 0 Å². The van der Waals surface area contributed by atoms with Gasteiger partial charge in [-0.1, -0.05) is 394 Å². The van der Waals surface area contributed by atoms with E-state index in [1.165, 1.54) is 270 Å². The molecule has 0 spiro atoms. The van der Waals surface area contributed by atoms with Crippen molar-refractivity contribution in [3.63, 3.8) is 0 Å². The van der Waals surface area contributed by atoms with E-state index in [0.29, 0.717) is 17.4 Å². The second kappa shape index (κ2) is 75.4. The van der Waals surface area contributed by atoms with E-state index >= 15 is 0 Å². The largest absolute Gasteiger partial charge is 0.756 e. The number of rotatable bonds is 76. The molecule has 0 fully saturated rings. The van der Waals surface area contributed by atoms with Crippen molar-refractivity contribution in [3.05, 3.63) is 85.1 Å². The first-order valence-electron chi connectivity index (χ1n) is 40.8. The molecule has 0 aliphatic rings. The summed E-state index contributed by atoms with van der Waals surface area (Å²) in [5, 5.41) is 0. The topological polar surface area (TPSA) is 111 Å². The fourth-order valence-electron chi connectivity index (χ4n) is 12.0. The van der Waals surface area contributed by atoms with Crippen LogP contribution in [0.2, 0.25) is 0 Å². The minimum atomic E-state index is -4.65. The van der Waals surface area contributed by atoms with Crippen molar-refractivity contribution < 1.29 is 42.1 Å². The number of carbonyl (C=O) groups excluding carboxylic acids is 2. The van der Waals surface area contributed by atoms with Gasteiger partial charge in [0.15, 0.2) is 6.10 Å². The van der Waals surface area contributed by atoms with Crippen molar-refractivity contribution in [2.45, 2.75) is 399 Å². The van der Waals surface area contributed by atoms with Gasteiger partial charge in [0.25, 0.3) is 7.82 Å². The highest BCUT2D eigenvalue weighted by Gasteiger charge is 2.22. The Morgan fingerprint density at radius 3 is 0.895 bits per heavy atom. The number of phosphoric ester groups is 1. The van der Waals surface area contributed by atoms with Crippen LogP contribution < -0.4 is 4.89 Å². The van der Waals surface area contributed by atoms with E-state index in [9.17, 15) is 19.0 Å². The van der Waals surface area contributed by atoms with Crippen molar-refractivity contribution in [1.82, 2.24) is 0 Å². The zero-order valence-corrected chi connectivity index (χ0v) is 64.3. The van der Waals surface area contributed by atoms with Gasteiger partial charge < -0.3 is 27.9 Å². The molecule has 0 radical (unpaired) electrons. The molecule has 0 heterocycles. The summed E-state index contributed by atoms with van der Waals surface area (Å²) < 4.78 is 34.4. The second-order valence-electron chi connectivity index (χ2n) is 28.8. The zero-order chi connectivity index (χ0) is 69.0. The van der Waals surface area contributed by atoms with E-state index in [2.05, 4.69) is 98.9 Å². The molecule has 0 bridgehead atoms. The van der Waals surface area contributed by atoms with Crippen LogP contribution in [0.1, 0.15) is 393 Å². The molecule has 2 unspecified atom stereocenters. The molecule has 9 nitrogen and oxygen atoms in total. The van der Waals surface area contributed by atoms with Crippen LogP contribution in [-0.4, -0.2) is 70.0 Å². The fraction of sp³-hybridized carbons (Fsp3) is 0.812. The van der Waals surface area contributed by atoms with E-state index in [-0.39, 0.29) is 32.0 Å². The van der Waals surface area contributed by atoms with Gasteiger partial charge in [0, 0.05) is 12.8 Å². The molecule has 0 aromatic heterocycles. The summed E-state index contributed by atoms with van der Waals surface area (Å²) in [6.45, 7) is 4.18. The number of esters is 2. The van der Waals surface area contributed by atoms with Gasteiger partial charge in [0.2, 0.25) is 0 Å². The van der Waals surface area contributed by atoms with Crippen molar-refractivity contribution >= 4 is 19.8 Å². The Balaban J connectivity index is 3.94. The molecule has 0 aliphatic heterocycles. The maximum atomic E-state index is 12.9. The molecule has 10 heteroatoms. The second-order valence-corrected chi connectivity index (χ2v) is 30.2. The lowest BCUT2D eigenvalue weighted by atomic mass is 10.0.